The van der Waals surface area contributed by atoms with Crippen LogP contribution < -0.4 is 10.1 Å². The van der Waals surface area contributed by atoms with Gasteiger partial charge < -0.3 is 10.1 Å². The lowest BCUT2D eigenvalue weighted by atomic mass is 10.1. The van der Waals surface area contributed by atoms with Crippen molar-refractivity contribution in [3.05, 3.63) is 59.3 Å². The summed E-state index contributed by atoms with van der Waals surface area (Å²) < 4.78 is 5.48. The lowest BCUT2D eigenvalue weighted by Gasteiger charge is -2.17. The Bertz CT molecular complexity index is 876. The van der Waals surface area contributed by atoms with Gasteiger partial charge in [0.25, 0.3) is 0 Å². The van der Waals surface area contributed by atoms with Gasteiger partial charge in [-0.2, -0.15) is 0 Å². The maximum Gasteiger partial charge on any atom is 0.148 e. The molecule has 1 unspecified atom stereocenters. The third-order valence-electron chi connectivity index (χ3n) is 4.50. The Hall–Kier alpha value is -2.62. The number of hydrogen-bond donors (Lipinski definition) is 1. The fourth-order valence-electron chi connectivity index (χ4n) is 3.35. The van der Waals surface area contributed by atoms with Gasteiger partial charge in [0, 0.05) is 0 Å². The molecule has 0 radical (unpaired) electrons. The molecular weight excluding hydrogens is 286 g/mol. The van der Waals surface area contributed by atoms with Gasteiger partial charge in [-0.1, -0.05) is 24.3 Å². The normalized spacial score (nSPS) is 16.3. The summed E-state index contributed by atoms with van der Waals surface area (Å²) in [6.07, 6.45) is 2.07. The van der Waals surface area contributed by atoms with Crippen molar-refractivity contribution in [3.8, 4) is 5.75 Å². The maximum absolute atomic E-state index is 5.48. The van der Waals surface area contributed by atoms with Crippen LogP contribution >= 0.6 is 0 Å². The van der Waals surface area contributed by atoms with Crippen molar-refractivity contribution < 1.29 is 4.74 Å². The molecule has 0 saturated carbocycles. The molecule has 1 aliphatic rings. The van der Waals surface area contributed by atoms with E-state index in [1.54, 1.807) is 7.11 Å². The van der Waals surface area contributed by atoms with Crippen molar-refractivity contribution in [2.75, 3.05) is 12.4 Å². The molecule has 4 nitrogen and oxygen atoms in total. The van der Waals surface area contributed by atoms with Gasteiger partial charge in [0.05, 0.1) is 29.9 Å². The number of fused-ring (bicyclic) bond motifs is 2. The minimum absolute atomic E-state index is 0.259. The summed E-state index contributed by atoms with van der Waals surface area (Å²) in [6.45, 7) is 2.00. The minimum atomic E-state index is 0.259. The van der Waals surface area contributed by atoms with Crippen LogP contribution in [0.4, 0.5) is 5.82 Å². The van der Waals surface area contributed by atoms with Gasteiger partial charge in [0.1, 0.15) is 11.6 Å². The predicted molar refractivity (Wildman–Crippen MR) is 92.0 cm³/mol. The molecule has 0 amide bonds. The van der Waals surface area contributed by atoms with E-state index in [2.05, 4.69) is 22.4 Å². The zero-order valence-corrected chi connectivity index (χ0v) is 13.3. The summed E-state index contributed by atoms with van der Waals surface area (Å²) in [7, 11) is 1.73. The Balaban J connectivity index is 1.69. The van der Waals surface area contributed by atoms with Crippen LogP contribution in [0.25, 0.3) is 11.0 Å². The van der Waals surface area contributed by atoms with Gasteiger partial charge in [-0.15, -0.1) is 0 Å². The summed E-state index contributed by atoms with van der Waals surface area (Å²) in [5.41, 5.74) is 5.39. The summed E-state index contributed by atoms with van der Waals surface area (Å²) in [6, 6.07) is 14.5. The first-order valence-electron chi connectivity index (χ1n) is 7.92. The highest BCUT2D eigenvalue weighted by Gasteiger charge is 2.25. The molecule has 0 aliphatic heterocycles. The minimum Gasteiger partial charge on any atom is -0.496 e. The van der Waals surface area contributed by atoms with Crippen molar-refractivity contribution in [3.63, 3.8) is 0 Å². The van der Waals surface area contributed by atoms with Crippen molar-refractivity contribution in [2.24, 2.45) is 0 Å². The molecule has 0 saturated heterocycles. The van der Waals surface area contributed by atoms with Gasteiger partial charge in [0.15, 0.2) is 0 Å². The largest absolute Gasteiger partial charge is 0.496 e. The van der Waals surface area contributed by atoms with Gasteiger partial charge in [-0.25, -0.2) is 9.97 Å². The lowest BCUT2D eigenvalue weighted by Crippen LogP contribution is -2.10. The van der Waals surface area contributed by atoms with Crippen molar-refractivity contribution in [1.82, 2.24) is 9.97 Å². The van der Waals surface area contributed by atoms with Crippen LogP contribution in [0.2, 0.25) is 0 Å². The van der Waals surface area contributed by atoms with Crippen molar-refractivity contribution in [1.29, 1.82) is 0 Å². The molecule has 4 heteroatoms. The second kappa shape index (κ2) is 5.54. The number of aromatic nitrogens is 2. The van der Waals surface area contributed by atoms with Crippen molar-refractivity contribution >= 4 is 16.9 Å². The molecule has 2 aromatic carbocycles. The van der Waals surface area contributed by atoms with Crippen LogP contribution in [0, 0.1) is 6.92 Å². The van der Waals surface area contributed by atoms with E-state index in [9.17, 15) is 0 Å². The third kappa shape index (κ3) is 2.40. The molecule has 0 fully saturated rings. The number of para-hydroxylation sites is 2. The number of nitrogens with zero attached hydrogens (tertiary/aromatic N) is 2. The number of ether oxygens (including phenoxy) is 1. The predicted octanol–water partition coefficient (Wildman–Crippen LogP) is 4.05. The van der Waals surface area contributed by atoms with E-state index >= 15 is 0 Å². The molecule has 1 aromatic heterocycles. The molecular formula is C19H19N3O. The number of nitrogens with one attached hydrogen (secondary N) is 1. The molecule has 0 spiro atoms. The molecule has 1 heterocycles. The number of benzene rings is 2. The van der Waals surface area contributed by atoms with E-state index in [1.807, 2.05) is 37.3 Å². The van der Waals surface area contributed by atoms with Gasteiger partial charge in [0.2, 0.25) is 0 Å². The average Bonchev–Trinajstić information content (AvgIpc) is 2.98. The molecule has 1 N–H and O–H groups in total. The summed E-state index contributed by atoms with van der Waals surface area (Å²) >= 11 is 0. The lowest BCUT2D eigenvalue weighted by molar-refractivity contribution is 0.410. The first kappa shape index (κ1) is 14.0. The standard InChI is InChI=1S/C19H19N3O/c1-12-19(22-17-8-4-3-7-16(17)20-12)21-15-11-10-14-13(15)6-5-9-18(14)23-2/h3-9,15H,10-11H2,1-2H3,(H,21,22). The summed E-state index contributed by atoms with van der Waals surface area (Å²) in [5.74, 6) is 1.84. The zero-order chi connectivity index (χ0) is 15.8. The highest BCUT2D eigenvalue weighted by Crippen LogP contribution is 2.38. The topological polar surface area (TPSA) is 47.0 Å². The van der Waals surface area contributed by atoms with E-state index in [1.165, 1.54) is 11.1 Å². The number of hydrogen-bond acceptors (Lipinski definition) is 4. The van der Waals surface area contributed by atoms with Crippen LogP contribution in [-0.2, 0) is 6.42 Å². The highest BCUT2D eigenvalue weighted by molar-refractivity contribution is 5.76. The summed E-state index contributed by atoms with van der Waals surface area (Å²) in [5, 5.41) is 3.58. The van der Waals surface area contributed by atoms with Crippen LogP contribution in [0.5, 0.6) is 5.75 Å². The van der Waals surface area contributed by atoms with E-state index in [4.69, 9.17) is 9.72 Å². The monoisotopic (exact) mass is 305 g/mol. The second-order valence-corrected chi connectivity index (χ2v) is 5.91. The first-order chi connectivity index (χ1) is 11.3. The molecule has 116 valence electrons. The Kier molecular flexibility index (Phi) is 3.37. The van der Waals surface area contributed by atoms with Crippen LogP contribution in [-0.4, -0.2) is 17.1 Å². The Morgan fingerprint density at radius 3 is 2.61 bits per heavy atom. The van der Waals surface area contributed by atoms with Crippen LogP contribution in [0.15, 0.2) is 42.5 Å². The Morgan fingerprint density at radius 2 is 1.83 bits per heavy atom. The maximum atomic E-state index is 5.48. The Morgan fingerprint density at radius 1 is 1.04 bits per heavy atom. The zero-order valence-electron chi connectivity index (χ0n) is 13.3. The van der Waals surface area contributed by atoms with Crippen molar-refractivity contribution in [2.45, 2.75) is 25.8 Å². The quantitative estimate of drug-likeness (QED) is 0.793. The Labute approximate surface area is 135 Å². The van der Waals surface area contributed by atoms with E-state index in [-0.39, 0.29) is 6.04 Å². The molecule has 23 heavy (non-hydrogen) atoms. The van der Waals surface area contributed by atoms with Gasteiger partial charge in [-0.05, 0) is 49.1 Å². The van der Waals surface area contributed by atoms with E-state index in [0.717, 1.165) is 41.1 Å². The number of anilines is 1. The van der Waals surface area contributed by atoms with Gasteiger partial charge in [-0.3, -0.25) is 0 Å². The van der Waals surface area contributed by atoms with Crippen LogP contribution in [0.1, 0.15) is 29.3 Å². The number of methoxy groups -OCH3 is 1. The fourth-order valence-corrected chi connectivity index (χ4v) is 3.35. The smallest absolute Gasteiger partial charge is 0.148 e. The SMILES string of the molecule is COc1cccc2c1CCC2Nc1nc2ccccc2nc1C. The number of aryl methyl sites for hydroxylation is 1. The van der Waals surface area contributed by atoms with E-state index < -0.39 is 0 Å². The molecule has 3 aromatic rings. The van der Waals surface area contributed by atoms with Gasteiger partial charge >= 0.3 is 0 Å². The highest BCUT2D eigenvalue weighted by atomic mass is 16.5. The summed E-state index contributed by atoms with van der Waals surface area (Å²) in [4.78, 5) is 9.41. The fraction of sp³-hybridized carbons (Fsp3) is 0.263. The molecule has 0 bridgehead atoms. The van der Waals surface area contributed by atoms with E-state index in [0.29, 0.717) is 0 Å². The van der Waals surface area contributed by atoms with Crippen LogP contribution in [0.3, 0.4) is 0 Å². The third-order valence-corrected chi connectivity index (χ3v) is 4.50. The average molecular weight is 305 g/mol. The molecule has 1 aliphatic carbocycles. The number of rotatable bonds is 3. The molecule has 4 rings (SSSR count). The second-order valence-electron chi connectivity index (χ2n) is 5.91. The first-order valence-corrected chi connectivity index (χ1v) is 7.92. The molecule has 1 atom stereocenters.